The van der Waals surface area contributed by atoms with E-state index >= 15 is 0 Å². The van der Waals surface area contributed by atoms with Crippen LogP contribution in [0.3, 0.4) is 0 Å². The van der Waals surface area contributed by atoms with E-state index in [1.54, 1.807) is 4.90 Å². The maximum Gasteiger partial charge on any atom is 0.410 e. The molecule has 0 aromatic heterocycles. The van der Waals surface area contributed by atoms with E-state index in [1.807, 2.05) is 45.0 Å². The van der Waals surface area contributed by atoms with Crippen molar-refractivity contribution in [2.75, 3.05) is 13.1 Å². The second-order valence-corrected chi connectivity index (χ2v) is 11.1. The first-order chi connectivity index (χ1) is 13.0. The van der Waals surface area contributed by atoms with Gasteiger partial charge in [-0.05, 0) is 50.7 Å². The van der Waals surface area contributed by atoms with Gasteiger partial charge in [0.2, 0.25) is 0 Å². The maximum absolute atomic E-state index is 13.2. The van der Waals surface area contributed by atoms with Crippen LogP contribution in [-0.4, -0.2) is 43.4 Å². The molecule has 1 atom stereocenters. The van der Waals surface area contributed by atoms with E-state index in [2.05, 4.69) is 20.4 Å². The van der Waals surface area contributed by atoms with Crippen LogP contribution in [0.2, 0.25) is 0 Å². The summed E-state index contributed by atoms with van der Waals surface area (Å²) in [6.45, 7) is 14.2. The van der Waals surface area contributed by atoms with Crippen molar-refractivity contribution in [2.45, 2.75) is 69.5 Å². The number of carbonyl (C=O) groups is 1. The normalized spacial score (nSPS) is 17.4. The van der Waals surface area contributed by atoms with E-state index < -0.39 is 25.9 Å². The van der Waals surface area contributed by atoms with Gasteiger partial charge in [0.15, 0.2) is 9.84 Å². The summed E-state index contributed by atoms with van der Waals surface area (Å²) in [6, 6.07) is 7.73. The van der Waals surface area contributed by atoms with Gasteiger partial charge in [-0.2, -0.15) is 0 Å². The highest BCUT2D eigenvalue weighted by molar-refractivity contribution is 7.92. The van der Waals surface area contributed by atoms with Crippen LogP contribution in [-0.2, 0) is 14.6 Å². The minimum atomic E-state index is -3.44. The Morgan fingerprint density at radius 2 is 1.64 bits per heavy atom. The van der Waals surface area contributed by atoms with E-state index in [-0.39, 0.29) is 6.09 Å². The Kier molecular flexibility index (Phi) is 6.97. The zero-order chi connectivity index (χ0) is 21.1. The molecule has 0 saturated carbocycles. The molecular weight excluding hydrogens is 374 g/mol. The van der Waals surface area contributed by atoms with Gasteiger partial charge in [0.25, 0.3) is 0 Å². The molecule has 0 bridgehead atoms. The fourth-order valence-corrected chi connectivity index (χ4v) is 5.52. The first-order valence-electron chi connectivity index (χ1n) is 9.88. The Labute approximate surface area is 169 Å². The molecule has 2 rings (SSSR count). The third kappa shape index (κ3) is 5.37. The predicted octanol–water partition coefficient (Wildman–Crippen LogP) is 4.85. The van der Waals surface area contributed by atoms with Gasteiger partial charge in [0.1, 0.15) is 10.9 Å². The van der Waals surface area contributed by atoms with Crippen molar-refractivity contribution >= 4 is 15.9 Å². The molecular formula is C22H33NO4S. The average molecular weight is 408 g/mol. The molecule has 5 nitrogen and oxygen atoms in total. The molecule has 28 heavy (non-hydrogen) atoms. The van der Waals surface area contributed by atoms with Gasteiger partial charge in [-0.3, -0.25) is 0 Å². The van der Waals surface area contributed by atoms with Crippen LogP contribution in [0.25, 0.3) is 0 Å². The molecule has 1 unspecified atom stereocenters. The fraction of sp³-hybridized carbons (Fsp3) is 0.591. The summed E-state index contributed by atoms with van der Waals surface area (Å²) in [4.78, 5) is 13.8. The molecule has 0 radical (unpaired) electrons. The Morgan fingerprint density at radius 3 is 2.07 bits per heavy atom. The van der Waals surface area contributed by atoms with Gasteiger partial charge in [-0.1, -0.05) is 44.2 Å². The highest BCUT2D eigenvalue weighted by Gasteiger charge is 2.37. The Morgan fingerprint density at radius 1 is 1.14 bits per heavy atom. The lowest BCUT2D eigenvalue weighted by Gasteiger charge is -2.34. The van der Waals surface area contributed by atoms with Crippen LogP contribution in [0.4, 0.5) is 4.79 Å². The topological polar surface area (TPSA) is 63.7 Å². The summed E-state index contributed by atoms with van der Waals surface area (Å²) in [5.41, 5.74) is 1.36. The molecule has 1 fully saturated rings. The molecule has 1 amide bonds. The Bertz CT molecular complexity index is 783. The van der Waals surface area contributed by atoms with Crippen molar-refractivity contribution in [3.63, 3.8) is 0 Å². The largest absolute Gasteiger partial charge is 0.444 e. The van der Waals surface area contributed by atoms with E-state index in [1.165, 1.54) is 11.6 Å². The van der Waals surface area contributed by atoms with Gasteiger partial charge in [-0.15, -0.1) is 6.58 Å². The van der Waals surface area contributed by atoms with Crippen LogP contribution in [0.5, 0.6) is 0 Å². The molecule has 6 heteroatoms. The minimum absolute atomic E-state index is 0.382. The summed E-state index contributed by atoms with van der Waals surface area (Å²) in [5.74, 6) is 0.394. The third-order valence-electron chi connectivity index (χ3n) is 5.06. The van der Waals surface area contributed by atoms with Crippen LogP contribution in [0.15, 0.2) is 36.9 Å². The first kappa shape index (κ1) is 22.5. The van der Waals surface area contributed by atoms with Gasteiger partial charge < -0.3 is 9.64 Å². The van der Waals surface area contributed by atoms with E-state index in [4.69, 9.17) is 4.74 Å². The van der Waals surface area contributed by atoms with Crippen LogP contribution < -0.4 is 0 Å². The molecule has 1 aliphatic rings. The summed E-state index contributed by atoms with van der Waals surface area (Å²) < 4.78 is 31.9. The van der Waals surface area contributed by atoms with Crippen LogP contribution >= 0.6 is 0 Å². The van der Waals surface area contributed by atoms with Gasteiger partial charge in [0.05, 0.1) is 5.25 Å². The fourth-order valence-electron chi connectivity index (χ4n) is 3.43. The number of ether oxygens (including phenoxy) is 1. The molecule has 1 aromatic rings. The summed E-state index contributed by atoms with van der Waals surface area (Å²) >= 11 is 0. The van der Waals surface area contributed by atoms with Crippen LogP contribution in [0.1, 0.15) is 69.8 Å². The number of benzene rings is 1. The highest BCUT2D eigenvalue weighted by atomic mass is 32.2. The second kappa shape index (κ2) is 8.68. The first-order valence-corrected chi connectivity index (χ1v) is 11.5. The number of likely N-dealkylation sites (tertiary alicyclic amines) is 1. The standard InChI is InChI=1S/C22H33NO4S/c1-7-20(18-10-8-17(9-11-18)16(2)3)28(25,26)19-12-14-23(15-13-19)21(24)27-22(4,5)6/h7-11,16,19-20H,1,12-15H2,2-6H3. The quantitative estimate of drug-likeness (QED) is 0.655. The number of piperidine rings is 1. The molecule has 1 aliphatic heterocycles. The smallest absolute Gasteiger partial charge is 0.410 e. The second-order valence-electron chi connectivity index (χ2n) is 8.73. The lowest BCUT2D eigenvalue weighted by atomic mass is 10.0. The molecule has 156 valence electrons. The van der Waals surface area contributed by atoms with E-state index in [0.29, 0.717) is 31.8 Å². The van der Waals surface area contributed by atoms with Crippen molar-refractivity contribution in [3.05, 3.63) is 48.0 Å². The maximum atomic E-state index is 13.2. The van der Waals surface area contributed by atoms with E-state index in [9.17, 15) is 13.2 Å². The molecule has 0 N–H and O–H groups in total. The lowest BCUT2D eigenvalue weighted by Crippen LogP contribution is -2.45. The summed E-state index contributed by atoms with van der Waals surface area (Å²) in [5, 5.41) is -1.22. The Hall–Kier alpha value is -1.82. The van der Waals surface area contributed by atoms with Crippen LogP contribution in [0, 0.1) is 0 Å². The molecule has 0 aliphatic carbocycles. The van der Waals surface area contributed by atoms with Crippen molar-refractivity contribution in [2.24, 2.45) is 0 Å². The number of amides is 1. The molecule has 1 saturated heterocycles. The monoisotopic (exact) mass is 407 g/mol. The van der Waals surface area contributed by atoms with Gasteiger partial charge in [0, 0.05) is 13.1 Å². The Balaban J connectivity index is 2.09. The zero-order valence-electron chi connectivity index (χ0n) is 17.6. The molecule has 1 aromatic carbocycles. The zero-order valence-corrected chi connectivity index (χ0v) is 18.5. The predicted molar refractivity (Wildman–Crippen MR) is 113 cm³/mol. The summed E-state index contributed by atoms with van der Waals surface area (Å²) in [6.07, 6.45) is 1.96. The SMILES string of the molecule is C=CC(c1ccc(C(C)C)cc1)S(=O)(=O)C1CCN(C(=O)OC(C)(C)C)CC1. The number of hydrogen-bond acceptors (Lipinski definition) is 4. The highest BCUT2D eigenvalue weighted by Crippen LogP contribution is 2.32. The van der Waals surface area contributed by atoms with Crippen molar-refractivity contribution in [1.82, 2.24) is 4.90 Å². The van der Waals surface area contributed by atoms with Crippen molar-refractivity contribution in [3.8, 4) is 0 Å². The lowest BCUT2D eigenvalue weighted by molar-refractivity contribution is 0.0217. The number of carbonyl (C=O) groups excluding carboxylic acids is 1. The van der Waals surface area contributed by atoms with E-state index in [0.717, 1.165) is 5.56 Å². The molecule has 1 heterocycles. The van der Waals surface area contributed by atoms with Gasteiger partial charge >= 0.3 is 6.09 Å². The van der Waals surface area contributed by atoms with Gasteiger partial charge in [-0.25, -0.2) is 13.2 Å². The summed E-state index contributed by atoms with van der Waals surface area (Å²) in [7, 11) is -3.44. The number of rotatable bonds is 5. The third-order valence-corrected chi connectivity index (χ3v) is 7.63. The number of sulfone groups is 1. The molecule has 0 spiro atoms. The number of nitrogens with zero attached hydrogens (tertiary/aromatic N) is 1. The van der Waals surface area contributed by atoms with Crippen molar-refractivity contribution < 1.29 is 17.9 Å². The van der Waals surface area contributed by atoms with Crippen molar-refractivity contribution in [1.29, 1.82) is 0 Å². The number of hydrogen-bond donors (Lipinski definition) is 0. The minimum Gasteiger partial charge on any atom is -0.444 e. The average Bonchev–Trinajstić information content (AvgIpc) is 2.61.